The first kappa shape index (κ1) is 39.4. The molecule has 0 atom stereocenters. The lowest BCUT2D eigenvalue weighted by Gasteiger charge is -2.14. The average molecular weight is 936 g/mol. The standard InChI is InChI=1S/C65H37N5OS/c1-2-19-41(20-3-1)70-55-30-12-8-22-44(55)47-25-14-27-49(60(47)70)63-66-64(50-28-15-26-48-46-24-10-13-31-58(46)72-62(48)50)68-65(67-63)53-37-42(36-52-59-43-21-7-6-16-38(43)32-33-57(59)71-61(52)53)69-54-29-11-9-23-45(54)51-34-39-17-4-5-18-40(39)35-56(51)69/h1-37H. The molecule has 72 heavy (non-hydrogen) atoms. The van der Waals surface area contributed by atoms with E-state index < -0.39 is 0 Å². The molecule has 0 aliphatic heterocycles. The minimum Gasteiger partial charge on any atom is -0.455 e. The zero-order valence-electron chi connectivity index (χ0n) is 38.4. The Bertz CT molecular complexity index is 4940. The average Bonchev–Trinajstić information content (AvgIpc) is 4.20. The van der Waals surface area contributed by atoms with Crippen LogP contribution in [0.15, 0.2) is 229 Å². The van der Waals surface area contributed by atoms with E-state index in [1.165, 1.54) is 37.0 Å². The molecule has 0 bridgehead atoms. The number of hydrogen-bond donors (Lipinski definition) is 0. The van der Waals surface area contributed by atoms with Gasteiger partial charge in [-0.05, 0) is 94.3 Å². The van der Waals surface area contributed by atoms with Crippen LogP contribution in [0.5, 0.6) is 0 Å². The van der Waals surface area contributed by atoms with E-state index in [9.17, 15) is 0 Å². The Morgan fingerprint density at radius 1 is 0.347 bits per heavy atom. The number of hydrogen-bond acceptors (Lipinski definition) is 5. The second-order valence-electron chi connectivity index (χ2n) is 18.7. The topological polar surface area (TPSA) is 61.7 Å². The van der Waals surface area contributed by atoms with Gasteiger partial charge in [0.05, 0.1) is 27.6 Å². The molecule has 7 heteroatoms. The molecular weight excluding hydrogens is 899 g/mol. The Morgan fingerprint density at radius 2 is 0.944 bits per heavy atom. The van der Waals surface area contributed by atoms with Gasteiger partial charge in [-0.1, -0.05) is 152 Å². The fourth-order valence-electron chi connectivity index (χ4n) is 11.6. The Hall–Kier alpha value is -9.43. The highest BCUT2D eigenvalue weighted by Crippen LogP contribution is 2.45. The summed E-state index contributed by atoms with van der Waals surface area (Å²) in [6.07, 6.45) is 0. The Balaban J connectivity index is 1.05. The smallest absolute Gasteiger partial charge is 0.167 e. The molecule has 0 radical (unpaired) electrons. The number of aromatic nitrogens is 5. The first-order valence-corrected chi connectivity index (χ1v) is 25.1. The molecule has 0 unspecified atom stereocenters. The van der Waals surface area contributed by atoms with Crippen LogP contribution in [0.25, 0.3) is 153 Å². The summed E-state index contributed by atoms with van der Waals surface area (Å²) in [5.41, 5.74) is 10.6. The number of fused-ring (bicyclic) bond motifs is 15. The Kier molecular flexibility index (Phi) is 8.23. The van der Waals surface area contributed by atoms with Gasteiger partial charge in [-0.25, -0.2) is 15.0 Å². The molecule has 0 saturated carbocycles. The lowest BCUT2D eigenvalue weighted by Crippen LogP contribution is -2.03. The van der Waals surface area contributed by atoms with Crippen molar-refractivity contribution in [3.8, 4) is 45.5 Å². The second kappa shape index (κ2) is 15.0. The van der Waals surface area contributed by atoms with E-state index in [2.05, 4.69) is 234 Å². The predicted octanol–water partition coefficient (Wildman–Crippen LogP) is 17.6. The Labute approximate surface area is 414 Å². The normalized spacial score (nSPS) is 12.2. The van der Waals surface area contributed by atoms with Gasteiger partial charge in [-0.2, -0.15) is 0 Å². The van der Waals surface area contributed by atoms with Gasteiger partial charge in [-0.15, -0.1) is 11.3 Å². The number of benzene rings is 11. The minimum atomic E-state index is 0.522. The van der Waals surface area contributed by atoms with Gasteiger partial charge in [0.2, 0.25) is 0 Å². The maximum atomic E-state index is 7.13. The van der Waals surface area contributed by atoms with Crippen LogP contribution in [-0.4, -0.2) is 24.1 Å². The fraction of sp³-hybridized carbons (Fsp3) is 0. The first-order valence-electron chi connectivity index (χ1n) is 24.3. The maximum Gasteiger partial charge on any atom is 0.167 e. The quantitative estimate of drug-likeness (QED) is 0.172. The summed E-state index contributed by atoms with van der Waals surface area (Å²) in [7, 11) is 0. The molecule has 5 heterocycles. The molecule has 0 aliphatic rings. The van der Waals surface area contributed by atoms with Gasteiger partial charge >= 0.3 is 0 Å². The molecular formula is C65H37N5OS. The van der Waals surface area contributed by atoms with Gasteiger partial charge in [0.15, 0.2) is 17.5 Å². The Morgan fingerprint density at radius 3 is 1.75 bits per heavy atom. The van der Waals surface area contributed by atoms with Crippen molar-refractivity contribution in [2.75, 3.05) is 0 Å². The molecule has 5 aromatic heterocycles. The molecule has 0 amide bonds. The second-order valence-corrected chi connectivity index (χ2v) is 19.7. The van der Waals surface area contributed by atoms with Crippen LogP contribution < -0.4 is 0 Å². The monoisotopic (exact) mass is 935 g/mol. The number of nitrogens with zero attached hydrogens (tertiary/aromatic N) is 5. The molecule has 334 valence electrons. The summed E-state index contributed by atoms with van der Waals surface area (Å²) in [6.45, 7) is 0. The highest BCUT2D eigenvalue weighted by molar-refractivity contribution is 7.26. The summed E-state index contributed by atoms with van der Waals surface area (Å²) in [6, 6.07) is 80.2. The molecule has 6 nitrogen and oxygen atoms in total. The highest BCUT2D eigenvalue weighted by Gasteiger charge is 2.25. The van der Waals surface area contributed by atoms with E-state index in [1.807, 2.05) is 0 Å². The van der Waals surface area contributed by atoms with Crippen molar-refractivity contribution in [2.24, 2.45) is 0 Å². The van der Waals surface area contributed by atoms with Crippen molar-refractivity contribution in [2.45, 2.75) is 0 Å². The summed E-state index contributed by atoms with van der Waals surface area (Å²) in [4.78, 5) is 16.8. The molecule has 0 aliphatic carbocycles. The molecule has 16 aromatic rings. The van der Waals surface area contributed by atoms with E-state index in [-0.39, 0.29) is 0 Å². The van der Waals surface area contributed by atoms with Crippen molar-refractivity contribution >= 4 is 119 Å². The van der Waals surface area contributed by atoms with E-state index in [0.29, 0.717) is 17.5 Å². The SMILES string of the molecule is c1ccc(-n2c3ccccc3c3cccc(-c4nc(-c5cc(-n6c7ccccc7c7cc8ccccc8cc76)cc6c5oc5ccc7ccccc7c56)nc(-c5cccc6c5sc5ccccc56)n4)c32)cc1. The van der Waals surface area contributed by atoms with Crippen molar-refractivity contribution in [3.63, 3.8) is 0 Å². The predicted molar refractivity (Wildman–Crippen MR) is 300 cm³/mol. The van der Waals surface area contributed by atoms with Gasteiger partial charge in [0.25, 0.3) is 0 Å². The molecule has 0 spiro atoms. The summed E-state index contributed by atoms with van der Waals surface area (Å²) < 4.78 is 14.2. The molecule has 11 aromatic carbocycles. The fourth-order valence-corrected chi connectivity index (χ4v) is 12.8. The van der Waals surface area contributed by atoms with Crippen LogP contribution >= 0.6 is 11.3 Å². The lowest BCUT2D eigenvalue weighted by molar-refractivity contribution is 0.669. The van der Waals surface area contributed by atoms with Crippen LogP contribution in [0.2, 0.25) is 0 Å². The maximum absolute atomic E-state index is 7.13. The summed E-state index contributed by atoms with van der Waals surface area (Å²) in [5, 5.41) is 13.7. The molecule has 0 fully saturated rings. The van der Waals surface area contributed by atoms with E-state index in [1.54, 1.807) is 11.3 Å². The van der Waals surface area contributed by atoms with Crippen LogP contribution in [0.3, 0.4) is 0 Å². The third-order valence-electron chi connectivity index (χ3n) is 14.7. The molecule has 0 saturated heterocycles. The largest absolute Gasteiger partial charge is 0.455 e. The third kappa shape index (κ3) is 5.68. The zero-order valence-corrected chi connectivity index (χ0v) is 39.2. The number of furan rings is 1. The van der Waals surface area contributed by atoms with Gasteiger partial charge in [0.1, 0.15) is 11.2 Å². The van der Waals surface area contributed by atoms with Crippen LogP contribution in [0.4, 0.5) is 0 Å². The number of para-hydroxylation sites is 4. The van der Waals surface area contributed by atoms with Gasteiger partial charge in [0, 0.05) is 75.0 Å². The number of rotatable bonds is 5. The van der Waals surface area contributed by atoms with Crippen LogP contribution in [0, 0.1) is 0 Å². The van der Waals surface area contributed by atoms with E-state index >= 15 is 0 Å². The summed E-state index contributed by atoms with van der Waals surface area (Å²) in [5.74, 6) is 1.69. The lowest BCUT2D eigenvalue weighted by atomic mass is 10.0. The van der Waals surface area contributed by atoms with Crippen molar-refractivity contribution in [1.82, 2.24) is 24.1 Å². The number of thiophene rings is 1. The van der Waals surface area contributed by atoms with Crippen LogP contribution in [0.1, 0.15) is 0 Å². The summed E-state index contributed by atoms with van der Waals surface area (Å²) >= 11 is 1.78. The molecule has 16 rings (SSSR count). The van der Waals surface area contributed by atoms with Crippen molar-refractivity contribution in [1.29, 1.82) is 0 Å². The van der Waals surface area contributed by atoms with E-state index in [0.717, 1.165) is 98.3 Å². The van der Waals surface area contributed by atoms with Crippen molar-refractivity contribution < 1.29 is 4.42 Å². The van der Waals surface area contributed by atoms with Gasteiger partial charge < -0.3 is 13.6 Å². The first-order chi connectivity index (χ1) is 35.7. The zero-order chi connectivity index (χ0) is 47.0. The highest BCUT2D eigenvalue weighted by atomic mass is 32.1. The third-order valence-corrected chi connectivity index (χ3v) is 15.9. The van der Waals surface area contributed by atoms with E-state index in [4.69, 9.17) is 19.4 Å². The van der Waals surface area contributed by atoms with Crippen molar-refractivity contribution in [3.05, 3.63) is 224 Å². The van der Waals surface area contributed by atoms with Gasteiger partial charge in [-0.3, -0.25) is 0 Å². The molecule has 0 N–H and O–H groups in total. The minimum absolute atomic E-state index is 0.522. The van der Waals surface area contributed by atoms with Crippen LogP contribution in [-0.2, 0) is 0 Å².